The van der Waals surface area contributed by atoms with Gasteiger partial charge in [0.25, 0.3) is 0 Å². The van der Waals surface area contributed by atoms with Crippen molar-refractivity contribution in [3.05, 3.63) is 0 Å². The van der Waals surface area contributed by atoms with Crippen LogP contribution in [0.15, 0.2) is 0 Å². The van der Waals surface area contributed by atoms with Crippen molar-refractivity contribution in [2.24, 2.45) is 11.5 Å². The van der Waals surface area contributed by atoms with Crippen LogP contribution in [0.4, 0.5) is 0 Å². The summed E-state index contributed by atoms with van der Waals surface area (Å²) >= 11 is 0. The Morgan fingerprint density at radius 2 is 0.756 bits per heavy atom. The first-order valence-electron chi connectivity index (χ1n) is 12.8. The summed E-state index contributed by atoms with van der Waals surface area (Å²) in [6, 6.07) is -1.37. The quantitative estimate of drug-likeness (QED) is 0.0552. The predicted octanol–water partition coefficient (Wildman–Crippen LogP) is -9.68. The zero-order chi connectivity index (χ0) is 34.4. The van der Waals surface area contributed by atoms with Crippen LogP contribution in [0.5, 0.6) is 0 Å². The number of carbonyl (C=O) groups excluding carboxylic acids is 10. The van der Waals surface area contributed by atoms with E-state index in [2.05, 4.69) is 42.5 Å². The van der Waals surface area contributed by atoms with Gasteiger partial charge in [-0.05, 0) is 0 Å². The average molecular weight is 646 g/mol. The highest BCUT2D eigenvalue weighted by Crippen LogP contribution is 1.92. The summed E-state index contributed by atoms with van der Waals surface area (Å²) < 4.78 is 0. The van der Waals surface area contributed by atoms with Gasteiger partial charge in [-0.1, -0.05) is 0 Å². The molecular weight excluding hydrogens is 610 g/mol. The predicted molar refractivity (Wildman–Crippen MR) is 147 cm³/mol. The number of hydrogen-bond acceptors (Lipinski definition) is 12. The lowest BCUT2D eigenvalue weighted by Crippen LogP contribution is -2.52. The molecule has 10 amide bonds. The maximum absolute atomic E-state index is 12.1. The van der Waals surface area contributed by atoms with Gasteiger partial charge in [-0.3, -0.25) is 52.7 Å². The van der Waals surface area contributed by atoms with Gasteiger partial charge < -0.3 is 64.4 Å². The first-order valence-corrected chi connectivity index (χ1v) is 12.8. The molecule has 0 spiro atoms. The highest BCUT2D eigenvalue weighted by Gasteiger charge is 2.23. The number of carboxylic acid groups (broad SMARTS) is 1. The van der Waals surface area contributed by atoms with Gasteiger partial charge >= 0.3 is 5.97 Å². The second-order valence-electron chi connectivity index (χ2n) is 8.54. The highest BCUT2D eigenvalue weighted by molar-refractivity contribution is 5.95. The standard InChI is InChI=1S/C22H35N11O12/c23-2-13(35)33-11(1-12(24)34)22(45)32-9-20(42)30-7-18(40)28-5-16(38)26-3-14(36)25-4-15(37)27-6-17(39)29-8-19(41)31-10-21(43)44/h11H,1-10,23H2,(H2,24,34)(H,25,36)(H,26,38)(H,27,37)(H,28,40)(H,29,39)(H,30,42)(H,31,41)(H,32,45)(H,33,35)(H,43,44)/t11-/m0/s1. The average Bonchev–Trinajstić information content (AvgIpc) is 2.99. The lowest BCUT2D eigenvalue weighted by molar-refractivity contribution is -0.138. The van der Waals surface area contributed by atoms with E-state index in [4.69, 9.17) is 16.6 Å². The van der Waals surface area contributed by atoms with Crippen LogP contribution in [0.25, 0.3) is 0 Å². The van der Waals surface area contributed by atoms with Crippen molar-refractivity contribution in [1.29, 1.82) is 0 Å². The van der Waals surface area contributed by atoms with Crippen LogP contribution >= 0.6 is 0 Å². The molecule has 0 aliphatic rings. The Morgan fingerprint density at radius 3 is 1.02 bits per heavy atom. The molecule has 1 atom stereocenters. The maximum atomic E-state index is 12.1. The maximum Gasteiger partial charge on any atom is 0.322 e. The van der Waals surface area contributed by atoms with E-state index in [1.54, 1.807) is 0 Å². The van der Waals surface area contributed by atoms with Gasteiger partial charge in [0, 0.05) is 0 Å². The van der Waals surface area contributed by atoms with E-state index in [1.807, 2.05) is 5.32 Å². The number of amides is 10. The molecule has 0 unspecified atom stereocenters. The highest BCUT2D eigenvalue weighted by atomic mass is 16.4. The third kappa shape index (κ3) is 21.5. The number of nitrogens with one attached hydrogen (secondary N) is 9. The Labute approximate surface area is 254 Å². The van der Waals surface area contributed by atoms with Crippen LogP contribution in [-0.2, 0) is 52.7 Å². The first kappa shape index (κ1) is 39.1. The van der Waals surface area contributed by atoms with Crippen molar-refractivity contribution in [3.63, 3.8) is 0 Å². The molecule has 23 nitrogen and oxygen atoms in total. The Morgan fingerprint density at radius 1 is 0.467 bits per heavy atom. The molecule has 0 aromatic rings. The number of hydrogen-bond donors (Lipinski definition) is 12. The minimum Gasteiger partial charge on any atom is -0.480 e. The van der Waals surface area contributed by atoms with Gasteiger partial charge in [-0.15, -0.1) is 0 Å². The van der Waals surface area contributed by atoms with Crippen LogP contribution in [0, 0.1) is 0 Å². The SMILES string of the molecule is NCC(=O)N[C@@H](CC(N)=O)C(=O)NCC(=O)NCC(=O)NCC(=O)NCC(=O)NCC(=O)NCC(=O)NCC(=O)NCC(=O)O. The Kier molecular flexibility index (Phi) is 18.9. The van der Waals surface area contributed by atoms with Crippen LogP contribution in [0.3, 0.4) is 0 Å². The Balaban J connectivity index is 4.15. The Bertz CT molecular complexity index is 1160. The number of nitrogens with two attached hydrogens (primary N) is 2. The van der Waals surface area contributed by atoms with E-state index < -0.39 is 136 Å². The van der Waals surface area contributed by atoms with Crippen molar-refractivity contribution < 1.29 is 57.8 Å². The van der Waals surface area contributed by atoms with Crippen LogP contribution in [0.1, 0.15) is 6.42 Å². The number of carbonyl (C=O) groups is 11. The van der Waals surface area contributed by atoms with Gasteiger partial charge in [-0.2, -0.15) is 0 Å². The normalized spacial score (nSPS) is 10.5. The minimum atomic E-state index is -1.37. The number of rotatable bonds is 21. The molecule has 0 bridgehead atoms. The fourth-order valence-electron chi connectivity index (χ4n) is 2.64. The second kappa shape index (κ2) is 21.8. The first-order chi connectivity index (χ1) is 21.1. The van der Waals surface area contributed by atoms with Gasteiger partial charge in [0.15, 0.2) is 0 Å². The molecule has 250 valence electrons. The van der Waals surface area contributed by atoms with Gasteiger partial charge in [0.1, 0.15) is 12.6 Å². The number of carboxylic acids is 1. The minimum absolute atomic E-state index is 0.461. The largest absolute Gasteiger partial charge is 0.480 e. The summed E-state index contributed by atoms with van der Waals surface area (Å²) in [6.45, 7) is -5.10. The summed E-state index contributed by atoms with van der Waals surface area (Å²) in [7, 11) is 0. The van der Waals surface area contributed by atoms with Crippen molar-refractivity contribution in [3.8, 4) is 0 Å². The fourth-order valence-corrected chi connectivity index (χ4v) is 2.64. The van der Waals surface area contributed by atoms with E-state index in [1.165, 1.54) is 0 Å². The van der Waals surface area contributed by atoms with Crippen molar-refractivity contribution >= 4 is 65.0 Å². The molecule has 0 saturated heterocycles. The molecule has 0 saturated carbocycles. The zero-order valence-electron chi connectivity index (χ0n) is 23.7. The van der Waals surface area contributed by atoms with Crippen LogP contribution in [0.2, 0.25) is 0 Å². The molecule has 14 N–H and O–H groups in total. The van der Waals surface area contributed by atoms with E-state index in [0.29, 0.717) is 0 Å². The van der Waals surface area contributed by atoms with Gasteiger partial charge in [-0.25, -0.2) is 0 Å². The van der Waals surface area contributed by atoms with Crippen LogP contribution in [-0.4, -0.2) is 135 Å². The molecule has 23 heteroatoms. The summed E-state index contributed by atoms with van der Waals surface area (Å²) in [4.78, 5) is 127. The van der Waals surface area contributed by atoms with Gasteiger partial charge in [0.05, 0.1) is 58.8 Å². The lowest BCUT2D eigenvalue weighted by Gasteiger charge is -2.16. The topological polar surface area (TPSA) is 368 Å². The lowest BCUT2D eigenvalue weighted by atomic mass is 10.2. The van der Waals surface area contributed by atoms with E-state index in [0.717, 1.165) is 0 Å². The Hall–Kier alpha value is -5.87. The molecule has 0 fully saturated rings. The molecule has 0 rings (SSSR count). The molecule has 0 heterocycles. The molecule has 0 aromatic carbocycles. The molecule has 0 radical (unpaired) electrons. The summed E-state index contributed by atoms with van der Waals surface area (Å²) in [5.41, 5.74) is 10.2. The molecule has 0 aliphatic heterocycles. The number of aliphatic carboxylic acids is 1. The van der Waals surface area contributed by atoms with E-state index in [-0.39, 0.29) is 0 Å². The third-order valence-corrected chi connectivity index (χ3v) is 4.78. The molecule has 45 heavy (non-hydrogen) atoms. The van der Waals surface area contributed by atoms with Crippen molar-refractivity contribution in [2.45, 2.75) is 12.5 Å². The number of primary amides is 1. The monoisotopic (exact) mass is 645 g/mol. The summed E-state index contributed by atoms with van der Waals surface area (Å²) in [5, 5.41) is 27.6. The molecule has 0 aliphatic carbocycles. The third-order valence-electron chi connectivity index (χ3n) is 4.78. The smallest absolute Gasteiger partial charge is 0.322 e. The van der Waals surface area contributed by atoms with Crippen molar-refractivity contribution in [2.75, 3.05) is 58.9 Å². The van der Waals surface area contributed by atoms with E-state index in [9.17, 15) is 52.7 Å². The van der Waals surface area contributed by atoms with Crippen LogP contribution < -0.4 is 59.3 Å². The fraction of sp³-hybridized carbons (Fsp3) is 0.500. The van der Waals surface area contributed by atoms with Crippen molar-refractivity contribution in [1.82, 2.24) is 47.9 Å². The molecule has 0 aromatic heterocycles. The van der Waals surface area contributed by atoms with Gasteiger partial charge in [0.2, 0.25) is 59.1 Å². The summed E-state index contributed by atoms with van der Waals surface area (Å²) in [6.07, 6.45) is -0.551. The molecular formula is C22H35N11O12. The summed E-state index contributed by atoms with van der Waals surface area (Å²) in [5.74, 6) is -9.35. The second-order valence-corrected chi connectivity index (χ2v) is 8.54. The zero-order valence-corrected chi connectivity index (χ0v) is 23.7. The van der Waals surface area contributed by atoms with E-state index >= 15 is 0 Å².